The molecule has 0 aromatic heterocycles. The first kappa shape index (κ1) is 20.8. The van der Waals surface area contributed by atoms with Gasteiger partial charge in [-0.1, -0.05) is 41.5 Å². The SMILES string of the molecule is CC(C)(C)c1cc(C(=O)OCCSCCO)cc(C(C)(C)C)c1O. The molecule has 0 heterocycles. The normalized spacial score (nSPS) is 12.3. The second-order valence-electron chi connectivity index (χ2n) is 7.89. The van der Waals surface area contributed by atoms with Crippen LogP contribution in [0.15, 0.2) is 12.1 Å². The number of phenols is 1. The Morgan fingerprint density at radius 2 is 1.54 bits per heavy atom. The Hall–Kier alpha value is -1.20. The van der Waals surface area contributed by atoms with Gasteiger partial charge in [-0.05, 0) is 23.0 Å². The number of thioether (sulfide) groups is 1. The monoisotopic (exact) mass is 354 g/mol. The first-order valence-corrected chi connectivity index (χ1v) is 9.37. The number of aliphatic hydroxyl groups is 1. The Morgan fingerprint density at radius 3 is 1.96 bits per heavy atom. The van der Waals surface area contributed by atoms with Gasteiger partial charge in [-0.3, -0.25) is 0 Å². The molecule has 0 amide bonds. The van der Waals surface area contributed by atoms with E-state index in [2.05, 4.69) is 0 Å². The number of phenolic OH excluding ortho intramolecular Hbond substituents is 1. The summed E-state index contributed by atoms with van der Waals surface area (Å²) in [6.07, 6.45) is 0. The van der Waals surface area contributed by atoms with Crippen LogP contribution in [-0.4, -0.2) is 40.9 Å². The van der Waals surface area contributed by atoms with E-state index in [0.29, 0.717) is 23.7 Å². The van der Waals surface area contributed by atoms with E-state index in [4.69, 9.17) is 9.84 Å². The summed E-state index contributed by atoms with van der Waals surface area (Å²) in [5.41, 5.74) is 1.40. The summed E-state index contributed by atoms with van der Waals surface area (Å²) in [6, 6.07) is 3.46. The summed E-state index contributed by atoms with van der Waals surface area (Å²) in [4.78, 5) is 12.4. The molecule has 0 bridgehead atoms. The zero-order valence-electron chi connectivity index (χ0n) is 15.6. The highest BCUT2D eigenvalue weighted by Gasteiger charge is 2.28. The minimum Gasteiger partial charge on any atom is -0.507 e. The standard InChI is InChI=1S/C19H30O4S/c1-18(2,3)14-11-13(12-15(16(14)21)19(4,5)6)17(22)23-8-10-24-9-7-20/h11-12,20-21H,7-10H2,1-6H3. The molecule has 1 rings (SSSR count). The molecule has 0 unspecified atom stereocenters. The van der Waals surface area contributed by atoms with Gasteiger partial charge in [0.25, 0.3) is 0 Å². The molecular weight excluding hydrogens is 324 g/mol. The predicted octanol–water partition coefficient (Wildman–Crippen LogP) is 3.87. The average Bonchev–Trinajstić information content (AvgIpc) is 2.44. The van der Waals surface area contributed by atoms with Crippen molar-refractivity contribution in [1.82, 2.24) is 0 Å². The summed E-state index contributed by atoms with van der Waals surface area (Å²) in [6.45, 7) is 12.5. The fraction of sp³-hybridized carbons (Fsp3) is 0.632. The molecule has 0 saturated heterocycles. The maximum atomic E-state index is 12.4. The third-order valence-corrected chi connectivity index (χ3v) is 4.58. The van der Waals surface area contributed by atoms with Crippen molar-refractivity contribution in [1.29, 1.82) is 0 Å². The van der Waals surface area contributed by atoms with Crippen LogP contribution in [0, 0.1) is 0 Å². The molecule has 136 valence electrons. The maximum absolute atomic E-state index is 12.4. The van der Waals surface area contributed by atoms with Crippen molar-refractivity contribution in [2.75, 3.05) is 24.7 Å². The largest absolute Gasteiger partial charge is 0.507 e. The fourth-order valence-electron chi connectivity index (χ4n) is 2.34. The van der Waals surface area contributed by atoms with Crippen LogP contribution in [0.3, 0.4) is 0 Å². The molecule has 0 spiro atoms. The highest BCUT2D eigenvalue weighted by Crippen LogP contribution is 2.39. The number of carbonyl (C=O) groups excluding carboxylic acids is 1. The summed E-state index contributed by atoms with van der Waals surface area (Å²) < 4.78 is 5.33. The van der Waals surface area contributed by atoms with Crippen LogP contribution in [0.4, 0.5) is 0 Å². The van der Waals surface area contributed by atoms with Gasteiger partial charge in [-0.15, -0.1) is 0 Å². The van der Waals surface area contributed by atoms with Crippen LogP contribution in [0.5, 0.6) is 5.75 Å². The minimum atomic E-state index is -0.379. The lowest BCUT2D eigenvalue weighted by Gasteiger charge is -2.27. The van der Waals surface area contributed by atoms with Crippen LogP contribution < -0.4 is 0 Å². The molecule has 1 aromatic rings. The molecule has 1 aromatic carbocycles. The number of esters is 1. The van der Waals surface area contributed by atoms with Crippen LogP contribution in [0.1, 0.15) is 63.0 Å². The summed E-state index contributed by atoms with van der Waals surface area (Å²) in [7, 11) is 0. The Labute approximate surface area is 149 Å². The number of aliphatic hydroxyl groups excluding tert-OH is 1. The molecule has 0 aliphatic heterocycles. The third kappa shape index (κ3) is 5.71. The van der Waals surface area contributed by atoms with Gasteiger partial charge in [0.1, 0.15) is 12.4 Å². The quantitative estimate of drug-likeness (QED) is 0.600. The van der Waals surface area contributed by atoms with E-state index in [-0.39, 0.29) is 29.2 Å². The Morgan fingerprint density at radius 1 is 1.04 bits per heavy atom. The first-order valence-electron chi connectivity index (χ1n) is 8.22. The van der Waals surface area contributed by atoms with E-state index in [1.54, 1.807) is 23.9 Å². The number of hydrogen-bond acceptors (Lipinski definition) is 5. The summed E-state index contributed by atoms with van der Waals surface area (Å²) in [5, 5.41) is 19.4. The van der Waals surface area contributed by atoms with Crippen molar-refractivity contribution in [3.63, 3.8) is 0 Å². The lowest BCUT2D eigenvalue weighted by Crippen LogP contribution is -2.19. The minimum absolute atomic E-state index is 0.125. The highest BCUT2D eigenvalue weighted by molar-refractivity contribution is 7.99. The van der Waals surface area contributed by atoms with Crippen molar-refractivity contribution < 1.29 is 19.7 Å². The van der Waals surface area contributed by atoms with Gasteiger partial charge in [-0.2, -0.15) is 11.8 Å². The summed E-state index contributed by atoms with van der Waals surface area (Å²) >= 11 is 1.54. The number of carbonyl (C=O) groups is 1. The zero-order chi connectivity index (χ0) is 18.5. The maximum Gasteiger partial charge on any atom is 0.338 e. The van der Waals surface area contributed by atoms with Crippen molar-refractivity contribution in [3.8, 4) is 5.75 Å². The highest BCUT2D eigenvalue weighted by atomic mass is 32.2. The van der Waals surface area contributed by atoms with E-state index in [1.165, 1.54) is 0 Å². The molecule has 0 saturated carbocycles. The lowest BCUT2D eigenvalue weighted by atomic mass is 9.78. The molecule has 24 heavy (non-hydrogen) atoms. The number of aromatic hydroxyl groups is 1. The van der Waals surface area contributed by atoms with Crippen molar-refractivity contribution in [3.05, 3.63) is 28.8 Å². The number of rotatable bonds is 6. The zero-order valence-corrected chi connectivity index (χ0v) is 16.4. The van der Waals surface area contributed by atoms with Crippen molar-refractivity contribution >= 4 is 17.7 Å². The fourth-order valence-corrected chi connectivity index (χ4v) is 2.87. The molecular formula is C19H30O4S. The van der Waals surface area contributed by atoms with Crippen molar-refractivity contribution in [2.45, 2.75) is 52.4 Å². The van der Waals surface area contributed by atoms with Gasteiger partial charge in [0.05, 0.1) is 12.2 Å². The molecule has 0 fully saturated rings. The van der Waals surface area contributed by atoms with Crippen molar-refractivity contribution in [2.24, 2.45) is 0 Å². The Balaban J connectivity index is 3.08. The van der Waals surface area contributed by atoms with Gasteiger partial charge in [-0.25, -0.2) is 4.79 Å². The van der Waals surface area contributed by atoms with Crippen LogP contribution in [0.25, 0.3) is 0 Å². The molecule has 0 aliphatic carbocycles. The topological polar surface area (TPSA) is 66.8 Å². The van der Waals surface area contributed by atoms with Gasteiger partial charge in [0, 0.05) is 22.6 Å². The van der Waals surface area contributed by atoms with E-state index in [0.717, 1.165) is 11.1 Å². The van der Waals surface area contributed by atoms with Crippen LogP contribution in [-0.2, 0) is 15.6 Å². The van der Waals surface area contributed by atoms with Gasteiger partial charge in [0.15, 0.2) is 0 Å². The number of hydrogen-bond donors (Lipinski definition) is 2. The molecule has 0 aliphatic rings. The van der Waals surface area contributed by atoms with Gasteiger partial charge >= 0.3 is 5.97 Å². The van der Waals surface area contributed by atoms with E-state index in [9.17, 15) is 9.90 Å². The second-order valence-corrected chi connectivity index (χ2v) is 9.12. The molecule has 0 radical (unpaired) electrons. The smallest absolute Gasteiger partial charge is 0.338 e. The second kappa shape index (κ2) is 8.26. The number of benzene rings is 1. The van der Waals surface area contributed by atoms with E-state index in [1.807, 2.05) is 41.5 Å². The van der Waals surface area contributed by atoms with Gasteiger partial charge in [0.2, 0.25) is 0 Å². The molecule has 0 atom stereocenters. The third-order valence-electron chi connectivity index (χ3n) is 3.66. The van der Waals surface area contributed by atoms with Gasteiger partial charge < -0.3 is 14.9 Å². The van der Waals surface area contributed by atoms with E-state index >= 15 is 0 Å². The number of ether oxygens (including phenoxy) is 1. The molecule has 2 N–H and O–H groups in total. The molecule has 5 heteroatoms. The average molecular weight is 355 g/mol. The first-order chi connectivity index (χ1) is 11.0. The lowest BCUT2D eigenvalue weighted by molar-refractivity contribution is 0.0530. The summed E-state index contributed by atoms with van der Waals surface area (Å²) in [5.74, 6) is 1.17. The van der Waals surface area contributed by atoms with E-state index < -0.39 is 0 Å². The van der Waals surface area contributed by atoms with Crippen LogP contribution >= 0.6 is 11.8 Å². The Kier molecular flexibility index (Phi) is 7.17. The molecule has 4 nitrogen and oxygen atoms in total. The van der Waals surface area contributed by atoms with Crippen LogP contribution in [0.2, 0.25) is 0 Å². The predicted molar refractivity (Wildman–Crippen MR) is 100 cm³/mol. The Bertz CT molecular complexity index is 533.